The van der Waals surface area contributed by atoms with Crippen molar-refractivity contribution in [3.05, 3.63) is 64.7 Å². The molecule has 2 amide bonds. The second-order valence-electron chi connectivity index (χ2n) is 5.83. The maximum Gasteiger partial charge on any atom is 0.255 e. The quantitative estimate of drug-likeness (QED) is 0.902. The van der Waals surface area contributed by atoms with Crippen LogP contribution in [0.3, 0.4) is 0 Å². The van der Waals surface area contributed by atoms with Crippen molar-refractivity contribution in [2.24, 2.45) is 0 Å². The number of aryl methyl sites for hydroxylation is 2. The SMILES string of the molecule is CCN(CC)C(=O)c1cccc(C(=O)Nc2cc(C)ccc2C)c1. The van der Waals surface area contributed by atoms with Crippen LogP contribution in [0.4, 0.5) is 5.69 Å². The molecule has 24 heavy (non-hydrogen) atoms. The second kappa shape index (κ2) is 7.77. The van der Waals surface area contributed by atoms with E-state index in [9.17, 15) is 9.59 Å². The average Bonchev–Trinajstić information content (AvgIpc) is 2.59. The van der Waals surface area contributed by atoms with Gasteiger partial charge in [-0.15, -0.1) is 0 Å². The number of nitrogens with zero attached hydrogens (tertiary/aromatic N) is 1. The van der Waals surface area contributed by atoms with Crippen LogP contribution in [0.25, 0.3) is 0 Å². The van der Waals surface area contributed by atoms with Crippen molar-refractivity contribution in [3.8, 4) is 0 Å². The monoisotopic (exact) mass is 324 g/mol. The molecule has 0 aliphatic heterocycles. The lowest BCUT2D eigenvalue weighted by Crippen LogP contribution is -2.30. The standard InChI is InChI=1S/C20H24N2O2/c1-5-22(6-2)20(24)17-9-7-8-16(13-17)19(23)21-18-12-14(3)10-11-15(18)4/h7-13H,5-6H2,1-4H3,(H,21,23). The zero-order chi connectivity index (χ0) is 17.7. The van der Waals surface area contributed by atoms with Crippen LogP contribution in [-0.4, -0.2) is 29.8 Å². The minimum Gasteiger partial charge on any atom is -0.339 e. The number of anilines is 1. The van der Waals surface area contributed by atoms with Crippen LogP contribution in [0.15, 0.2) is 42.5 Å². The van der Waals surface area contributed by atoms with Crippen molar-refractivity contribution in [3.63, 3.8) is 0 Å². The Labute approximate surface area is 143 Å². The molecule has 126 valence electrons. The summed E-state index contributed by atoms with van der Waals surface area (Å²) in [6.07, 6.45) is 0. The van der Waals surface area contributed by atoms with E-state index in [0.29, 0.717) is 24.2 Å². The van der Waals surface area contributed by atoms with Gasteiger partial charge in [-0.25, -0.2) is 0 Å². The van der Waals surface area contributed by atoms with E-state index in [4.69, 9.17) is 0 Å². The van der Waals surface area contributed by atoms with Gasteiger partial charge >= 0.3 is 0 Å². The maximum absolute atomic E-state index is 12.5. The van der Waals surface area contributed by atoms with E-state index < -0.39 is 0 Å². The summed E-state index contributed by atoms with van der Waals surface area (Å²) in [5.41, 5.74) is 3.90. The third-order valence-electron chi connectivity index (χ3n) is 4.06. The van der Waals surface area contributed by atoms with Crippen LogP contribution >= 0.6 is 0 Å². The lowest BCUT2D eigenvalue weighted by Gasteiger charge is -2.19. The van der Waals surface area contributed by atoms with Crippen LogP contribution in [0.2, 0.25) is 0 Å². The Morgan fingerprint density at radius 1 is 0.958 bits per heavy atom. The van der Waals surface area contributed by atoms with Gasteiger partial charge in [-0.1, -0.05) is 18.2 Å². The summed E-state index contributed by atoms with van der Waals surface area (Å²) in [4.78, 5) is 26.7. The number of hydrogen-bond donors (Lipinski definition) is 1. The van der Waals surface area contributed by atoms with Gasteiger partial charge in [-0.3, -0.25) is 9.59 Å². The van der Waals surface area contributed by atoms with Crippen LogP contribution in [0, 0.1) is 13.8 Å². The zero-order valence-electron chi connectivity index (χ0n) is 14.7. The van der Waals surface area contributed by atoms with Gasteiger partial charge in [0.25, 0.3) is 11.8 Å². The Bertz CT molecular complexity index is 749. The molecule has 4 nitrogen and oxygen atoms in total. The van der Waals surface area contributed by atoms with Gasteiger partial charge in [-0.05, 0) is 63.1 Å². The molecule has 0 aliphatic carbocycles. The van der Waals surface area contributed by atoms with E-state index in [2.05, 4.69) is 5.32 Å². The zero-order valence-corrected chi connectivity index (χ0v) is 14.7. The van der Waals surface area contributed by atoms with Crippen LogP contribution in [0.5, 0.6) is 0 Å². The summed E-state index contributed by atoms with van der Waals surface area (Å²) in [5.74, 6) is -0.265. The number of carbonyl (C=O) groups excluding carboxylic acids is 2. The highest BCUT2D eigenvalue weighted by Crippen LogP contribution is 2.18. The van der Waals surface area contributed by atoms with Gasteiger partial charge in [0.15, 0.2) is 0 Å². The highest BCUT2D eigenvalue weighted by Gasteiger charge is 2.15. The van der Waals surface area contributed by atoms with Crippen LogP contribution in [0.1, 0.15) is 45.7 Å². The Morgan fingerprint density at radius 3 is 2.29 bits per heavy atom. The Morgan fingerprint density at radius 2 is 1.62 bits per heavy atom. The number of hydrogen-bond acceptors (Lipinski definition) is 2. The van der Waals surface area contributed by atoms with Crippen molar-refractivity contribution in [2.75, 3.05) is 18.4 Å². The molecule has 0 spiro atoms. The van der Waals surface area contributed by atoms with E-state index >= 15 is 0 Å². The van der Waals surface area contributed by atoms with Crippen molar-refractivity contribution in [1.29, 1.82) is 0 Å². The molecule has 0 saturated heterocycles. The fraction of sp³-hybridized carbons (Fsp3) is 0.300. The topological polar surface area (TPSA) is 49.4 Å². The second-order valence-corrected chi connectivity index (χ2v) is 5.83. The van der Waals surface area contributed by atoms with Gasteiger partial charge in [0, 0.05) is 29.9 Å². The third kappa shape index (κ3) is 4.02. The number of benzene rings is 2. The first-order valence-corrected chi connectivity index (χ1v) is 8.24. The molecule has 0 fully saturated rings. The minimum absolute atomic E-state index is 0.0543. The molecule has 0 heterocycles. The van der Waals surface area contributed by atoms with Crippen molar-refractivity contribution >= 4 is 17.5 Å². The summed E-state index contributed by atoms with van der Waals surface area (Å²) >= 11 is 0. The molecule has 1 N–H and O–H groups in total. The van der Waals surface area contributed by atoms with Gasteiger partial charge in [-0.2, -0.15) is 0 Å². The number of carbonyl (C=O) groups is 2. The third-order valence-corrected chi connectivity index (χ3v) is 4.06. The molecule has 4 heteroatoms. The molecule has 0 aromatic heterocycles. The van der Waals surface area contributed by atoms with E-state index in [0.717, 1.165) is 16.8 Å². The first kappa shape index (κ1) is 17.7. The molecular weight excluding hydrogens is 300 g/mol. The van der Waals surface area contributed by atoms with Gasteiger partial charge in [0.05, 0.1) is 0 Å². The lowest BCUT2D eigenvalue weighted by atomic mass is 10.1. The maximum atomic E-state index is 12.5. The van der Waals surface area contributed by atoms with Crippen molar-refractivity contribution < 1.29 is 9.59 Å². The number of rotatable bonds is 5. The minimum atomic E-state index is -0.210. The van der Waals surface area contributed by atoms with E-state index in [1.165, 1.54) is 0 Å². The van der Waals surface area contributed by atoms with Crippen LogP contribution in [-0.2, 0) is 0 Å². The summed E-state index contributed by atoms with van der Waals surface area (Å²) in [7, 11) is 0. The molecule has 0 unspecified atom stereocenters. The highest BCUT2D eigenvalue weighted by atomic mass is 16.2. The smallest absolute Gasteiger partial charge is 0.255 e. The molecule has 0 aliphatic rings. The summed E-state index contributed by atoms with van der Waals surface area (Å²) in [5, 5.41) is 2.93. The number of amides is 2. The first-order valence-electron chi connectivity index (χ1n) is 8.24. The van der Waals surface area contributed by atoms with E-state index in [1.807, 2.05) is 45.9 Å². The highest BCUT2D eigenvalue weighted by molar-refractivity contribution is 6.06. The molecule has 2 rings (SSSR count). The molecule has 0 atom stereocenters. The van der Waals surface area contributed by atoms with Crippen molar-refractivity contribution in [2.45, 2.75) is 27.7 Å². The predicted octanol–water partition coefficient (Wildman–Crippen LogP) is 4.04. The molecule has 0 saturated carbocycles. The molecule has 0 radical (unpaired) electrons. The largest absolute Gasteiger partial charge is 0.339 e. The van der Waals surface area contributed by atoms with E-state index in [-0.39, 0.29) is 11.8 Å². The van der Waals surface area contributed by atoms with Gasteiger partial charge < -0.3 is 10.2 Å². The average molecular weight is 324 g/mol. The Balaban J connectivity index is 2.23. The van der Waals surface area contributed by atoms with Gasteiger partial charge in [0.2, 0.25) is 0 Å². The Hall–Kier alpha value is -2.62. The summed E-state index contributed by atoms with van der Waals surface area (Å²) in [6, 6.07) is 12.8. The molecule has 2 aromatic carbocycles. The normalized spacial score (nSPS) is 10.3. The fourth-order valence-electron chi connectivity index (χ4n) is 2.55. The first-order chi connectivity index (χ1) is 11.5. The van der Waals surface area contributed by atoms with Crippen molar-refractivity contribution in [1.82, 2.24) is 4.90 Å². The van der Waals surface area contributed by atoms with Crippen LogP contribution < -0.4 is 5.32 Å². The van der Waals surface area contributed by atoms with Gasteiger partial charge in [0.1, 0.15) is 0 Å². The molecule has 2 aromatic rings. The molecular formula is C20H24N2O2. The lowest BCUT2D eigenvalue weighted by molar-refractivity contribution is 0.0773. The summed E-state index contributed by atoms with van der Waals surface area (Å²) in [6.45, 7) is 9.12. The predicted molar refractivity (Wildman–Crippen MR) is 97.6 cm³/mol. The summed E-state index contributed by atoms with van der Waals surface area (Å²) < 4.78 is 0. The number of nitrogens with one attached hydrogen (secondary N) is 1. The fourth-order valence-corrected chi connectivity index (χ4v) is 2.55. The molecule has 0 bridgehead atoms. The Kier molecular flexibility index (Phi) is 5.74. The van der Waals surface area contributed by atoms with E-state index in [1.54, 1.807) is 29.2 Å².